The zero-order chi connectivity index (χ0) is 11.1. The standard InChI is InChI=1S/C12H25NO2/c1-4-12(5-2)10-11(6-8-15-12)13-7-9-14-3/h11,13H,4-10H2,1-3H3. The molecule has 1 saturated heterocycles. The highest BCUT2D eigenvalue weighted by atomic mass is 16.5. The Kier molecular flexibility index (Phi) is 5.58. The summed E-state index contributed by atoms with van der Waals surface area (Å²) in [5, 5.41) is 3.54. The molecule has 3 heteroatoms. The molecule has 0 radical (unpaired) electrons. The number of ether oxygens (including phenoxy) is 2. The van der Waals surface area contributed by atoms with E-state index in [-0.39, 0.29) is 5.60 Å². The lowest BCUT2D eigenvalue weighted by Crippen LogP contribution is -2.47. The summed E-state index contributed by atoms with van der Waals surface area (Å²) in [7, 11) is 1.74. The zero-order valence-corrected chi connectivity index (χ0v) is 10.3. The smallest absolute Gasteiger partial charge is 0.0692 e. The van der Waals surface area contributed by atoms with E-state index in [1.165, 1.54) is 0 Å². The summed E-state index contributed by atoms with van der Waals surface area (Å²) < 4.78 is 11.0. The summed E-state index contributed by atoms with van der Waals surface area (Å²) in [5.74, 6) is 0. The van der Waals surface area contributed by atoms with Crippen molar-refractivity contribution in [1.29, 1.82) is 0 Å². The molecule has 0 saturated carbocycles. The lowest BCUT2D eigenvalue weighted by molar-refractivity contribution is -0.0932. The van der Waals surface area contributed by atoms with Crippen LogP contribution in [0.15, 0.2) is 0 Å². The third-order valence-electron chi connectivity index (χ3n) is 3.52. The maximum atomic E-state index is 5.93. The largest absolute Gasteiger partial charge is 0.383 e. The van der Waals surface area contributed by atoms with Gasteiger partial charge in [-0.05, 0) is 25.7 Å². The van der Waals surface area contributed by atoms with Gasteiger partial charge in [0.25, 0.3) is 0 Å². The van der Waals surface area contributed by atoms with Gasteiger partial charge in [0.15, 0.2) is 0 Å². The maximum Gasteiger partial charge on any atom is 0.0692 e. The molecule has 0 amide bonds. The molecule has 1 aliphatic rings. The van der Waals surface area contributed by atoms with E-state index in [4.69, 9.17) is 9.47 Å². The van der Waals surface area contributed by atoms with E-state index in [0.29, 0.717) is 6.04 Å². The van der Waals surface area contributed by atoms with Crippen molar-refractivity contribution >= 4 is 0 Å². The van der Waals surface area contributed by atoms with Crippen LogP contribution in [0.4, 0.5) is 0 Å². The van der Waals surface area contributed by atoms with E-state index < -0.39 is 0 Å². The minimum Gasteiger partial charge on any atom is -0.383 e. The highest BCUT2D eigenvalue weighted by molar-refractivity contribution is 4.87. The fourth-order valence-electron chi connectivity index (χ4n) is 2.31. The van der Waals surface area contributed by atoms with Crippen LogP contribution in [0.25, 0.3) is 0 Å². The van der Waals surface area contributed by atoms with Gasteiger partial charge in [-0.1, -0.05) is 13.8 Å². The average Bonchev–Trinajstić information content (AvgIpc) is 2.30. The second-order valence-electron chi connectivity index (χ2n) is 4.38. The summed E-state index contributed by atoms with van der Waals surface area (Å²) in [4.78, 5) is 0. The molecule has 1 atom stereocenters. The van der Waals surface area contributed by atoms with E-state index in [2.05, 4.69) is 19.2 Å². The molecular weight excluding hydrogens is 190 g/mol. The first-order valence-corrected chi connectivity index (χ1v) is 6.12. The molecule has 1 rings (SSSR count). The Morgan fingerprint density at radius 3 is 2.73 bits per heavy atom. The average molecular weight is 215 g/mol. The van der Waals surface area contributed by atoms with Gasteiger partial charge in [0.1, 0.15) is 0 Å². The molecule has 0 aromatic heterocycles. The fraction of sp³-hybridized carbons (Fsp3) is 1.00. The van der Waals surface area contributed by atoms with Gasteiger partial charge >= 0.3 is 0 Å². The molecule has 0 spiro atoms. The van der Waals surface area contributed by atoms with Gasteiger partial charge in [-0.2, -0.15) is 0 Å². The summed E-state index contributed by atoms with van der Waals surface area (Å²) in [6, 6.07) is 0.605. The third-order valence-corrected chi connectivity index (χ3v) is 3.52. The number of methoxy groups -OCH3 is 1. The van der Waals surface area contributed by atoms with Crippen molar-refractivity contribution in [2.45, 2.75) is 51.2 Å². The SMILES string of the molecule is CCC1(CC)CC(NCCOC)CCO1. The lowest BCUT2D eigenvalue weighted by Gasteiger charge is -2.40. The Bertz CT molecular complexity index is 169. The first-order chi connectivity index (χ1) is 7.26. The normalized spacial score (nSPS) is 25.4. The van der Waals surface area contributed by atoms with Gasteiger partial charge in [-0.25, -0.2) is 0 Å². The first kappa shape index (κ1) is 12.9. The van der Waals surface area contributed by atoms with Crippen LogP contribution in [0, 0.1) is 0 Å². The van der Waals surface area contributed by atoms with Crippen LogP contribution in [0.2, 0.25) is 0 Å². The topological polar surface area (TPSA) is 30.5 Å². The Balaban J connectivity index is 2.34. The van der Waals surface area contributed by atoms with Crippen molar-refractivity contribution in [3.63, 3.8) is 0 Å². The van der Waals surface area contributed by atoms with Crippen LogP contribution < -0.4 is 5.32 Å². The van der Waals surface area contributed by atoms with Gasteiger partial charge < -0.3 is 14.8 Å². The molecule has 3 nitrogen and oxygen atoms in total. The van der Waals surface area contributed by atoms with Crippen molar-refractivity contribution in [1.82, 2.24) is 5.32 Å². The summed E-state index contributed by atoms with van der Waals surface area (Å²) in [6.45, 7) is 7.08. The van der Waals surface area contributed by atoms with E-state index in [1.54, 1.807) is 7.11 Å². The molecule has 90 valence electrons. The number of nitrogens with one attached hydrogen (secondary N) is 1. The Morgan fingerprint density at radius 1 is 1.40 bits per heavy atom. The number of hydrogen-bond donors (Lipinski definition) is 1. The van der Waals surface area contributed by atoms with Gasteiger partial charge in [-0.15, -0.1) is 0 Å². The van der Waals surface area contributed by atoms with Crippen LogP contribution in [-0.2, 0) is 9.47 Å². The van der Waals surface area contributed by atoms with Crippen molar-refractivity contribution in [3.8, 4) is 0 Å². The van der Waals surface area contributed by atoms with Gasteiger partial charge in [0.2, 0.25) is 0 Å². The monoisotopic (exact) mass is 215 g/mol. The Labute approximate surface area is 93.5 Å². The predicted molar refractivity (Wildman–Crippen MR) is 62.2 cm³/mol. The van der Waals surface area contributed by atoms with Gasteiger partial charge in [0, 0.05) is 26.3 Å². The Morgan fingerprint density at radius 2 is 2.13 bits per heavy atom. The van der Waals surface area contributed by atoms with Crippen LogP contribution in [-0.4, -0.2) is 38.5 Å². The quantitative estimate of drug-likeness (QED) is 0.687. The zero-order valence-electron chi connectivity index (χ0n) is 10.3. The fourth-order valence-corrected chi connectivity index (χ4v) is 2.31. The summed E-state index contributed by atoms with van der Waals surface area (Å²) >= 11 is 0. The molecule has 0 aromatic carbocycles. The van der Waals surface area contributed by atoms with Crippen molar-refractivity contribution < 1.29 is 9.47 Å². The molecule has 0 aliphatic carbocycles. The van der Waals surface area contributed by atoms with Crippen molar-refractivity contribution in [2.75, 3.05) is 26.9 Å². The maximum absolute atomic E-state index is 5.93. The first-order valence-electron chi connectivity index (χ1n) is 6.12. The van der Waals surface area contributed by atoms with E-state index in [9.17, 15) is 0 Å². The van der Waals surface area contributed by atoms with E-state index in [1.807, 2.05) is 0 Å². The molecule has 0 bridgehead atoms. The highest BCUT2D eigenvalue weighted by Gasteiger charge is 2.33. The molecule has 0 aromatic rings. The van der Waals surface area contributed by atoms with Gasteiger partial charge in [0.05, 0.1) is 12.2 Å². The summed E-state index contributed by atoms with van der Waals surface area (Å²) in [5.41, 5.74) is 0.128. The predicted octanol–water partition coefficient (Wildman–Crippen LogP) is 1.96. The van der Waals surface area contributed by atoms with E-state index in [0.717, 1.165) is 45.4 Å². The molecule has 1 N–H and O–H groups in total. The minimum absolute atomic E-state index is 0.128. The molecular formula is C12H25NO2. The van der Waals surface area contributed by atoms with E-state index >= 15 is 0 Å². The van der Waals surface area contributed by atoms with Crippen molar-refractivity contribution in [3.05, 3.63) is 0 Å². The molecule has 1 fully saturated rings. The van der Waals surface area contributed by atoms with Crippen LogP contribution >= 0.6 is 0 Å². The second-order valence-corrected chi connectivity index (χ2v) is 4.38. The molecule has 1 heterocycles. The number of hydrogen-bond acceptors (Lipinski definition) is 3. The van der Waals surface area contributed by atoms with Crippen LogP contribution in [0.1, 0.15) is 39.5 Å². The highest BCUT2D eigenvalue weighted by Crippen LogP contribution is 2.31. The Hall–Kier alpha value is -0.120. The van der Waals surface area contributed by atoms with Gasteiger partial charge in [-0.3, -0.25) is 0 Å². The van der Waals surface area contributed by atoms with Crippen molar-refractivity contribution in [2.24, 2.45) is 0 Å². The third kappa shape index (κ3) is 3.74. The number of rotatable bonds is 6. The lowest BCUT2D eigenvalue weighted by atomic mass is 9.86. The minimum atomic E-state index is 0.128. The second kappa shape index (κ2) is 6.46. The van der Waals surface area contributed by atoms with Crippen LogP contribution in [0.5, 0.6) is 0 Å². The van der Waals surface area contributed by atoms with Crippen LogP contribution in [0.3, 0.4) is 0 Å². The molecule has 15 heavy (non-hydrogen) atoms. The summed E-state index contributed by atoms with van der Waals surface area (Å²) in [6.07, 6.45) is 4.51. The molecule has 1 aliphatic heterocycles. The molecule has 1 unspecified atom stereocenters.